The Balaban J connectivity index is 1.68. The second kappa shape index (κ2) is 6.69. The number of thioether (sulfide) groups is 1. The number of aromatic carboxylic acids is 1. The molecule has 1 aliphatic rings. The second-order valence-corrected chi connectivity index (χ2v) is 5.86. The fourth-order valence-electron chi connectivity index (χ4n) is 2.12. The molecule has 0 atom stereocenters. The van der Waals surface area contributed by atoms with E-state index < -0.39 is 5.97 Å². The molecule has 0 saturated heterocycles. The van der Waals surface area contributed by atoms with Crippen LogP contribution in [0.2, 0.25) is 0 Å². The normalized spacial score (nSPS) is 15.8. The van der Waals surface area contributed by atoms with Crippen LogP contribution < -0.4 is 4.74 Å². The highest BCUT2D eigenvalue weighted by atomic mass is 32.2. The maximum absolute atomic E-state index is 10.7. The van der Waals surface area contributed by atoms with Gasteiger partial charge in [0.15, 0.2) is 0 Å². The van der Waals surface area contributed by atoms with E-state index in [-0.39, 0.29) is 0 Å². The van der Waals surface area contributed by atoms with Crippen LogP contribution in [0.5, 0.6) is 5.75 Å². The smallest absolute Gasteiger partial charge is 0.335 e. The Morgan fingerprint density at radius 2 is 1.94 bits per heavy atom. The molecule has 0 aliphatic heterocycles. The van der Waals surface area contributed by atoms with Crippen LogP contribution in [-0.2, 0) is 0 Å². The highest BCUT2D eigenvalue weighted by Crippen LogP contribution is 2.29. The molecule has 98 valence electrons. The largest absolute Gasteiger partial charge is 0.493 e. The summed E-state index contributed by atoms with van der Waals surface area (Å²) in [5.41, 5.74) is 0.294. The van der Waals surface area contributed by atoms with Gasteiger partial charge in [-0.15, -0.1) is 0 Å². The quantitative estimate of drug-likeness (QED) is 0.801. The van der Waals surface area contributed by atoms with Crippen LogP contribution in [0.4, 0.5) is 0 Å². The van der Waals surface area contributed by atoms with Crippen molar-refractivity contribution in [1.29, 1.82) is 0 Å². The van der Waals surface area contributed by atoms with Crippen molar-refractivity contribution in [1.82, 2.24) is 0 Å². The van der Waals surface area contributed by atoms with Crippen molar-refractivity contribution < 1.29 is 14.6 Å². The zero-order valence-corrected chi connectivity index (χ0v) is 11.1. The molecule has 3 nitrogen and oxygen atoms in total. The van der Waals surface area contributed by atoms with Crippen molar-refractivity contribution in [2.75, 3.05) is 12.4 Å². The molecule has 1 saturated carbocycles. The molecule has 1 fully saturated rings. The van der Waals surface area contributed by atoms with E-state index in [0.29, 0.717) is 12.2 Å². The predicted molar refractivity (Wildman–Crippen MR) is 73.6 cm³/mol. The lowest BCUT2D eigenvalue weighted by molar-refractivity contribution is 0.0697. The molecule has 0 spiro atoms. The van der Waals surface area contributed by atoms with Gasteiger partial charge in [0.1, 0.15) is 5.75 Å². The molecule has 18 heavy (non-hydrogen) atoms. The Morgan fingerprint density at radius 3 is 2.56 bits per heavy atom. The first-order valence-electron chi connectivity index (χ1n) is 6.33. The summed E-state index contributed by atoms with van der Waals surface area (Å²) >= 11 is 1.99. The van der Waals surface area contributed by atoms with Crippen LogP contribution in [0.25, 0.3) is 0 Å². The highest BCUT2D eigenvalue weighted by molar-refractivity contribution is 7.99. The zero-order chi connectivity index (χ0) is 12.8. The van der Waals surface area contributed by atoms with Crippen molar-refractivity contribution in [2.24, 2.45) is 0 Å². The maximum atomic E-state index is 10.7. The molecule has 0 heterocycles. The van der Waals surface area contributed by atoms with Gasteiger partial charge in [0, 0.05) is 11.0 Å². The summed E-state index contributed by atoms with van der Waals surface area (Å²) < 4.78 is 5.59. The zero-order valence-electron chi connectivity index (χ0n) is 10.3. The number of carboxylic acids is 1. The molecule has 2 rings (SSSR count). The Labute approximate surface area is 112 Å². The summed E-state index contributed by atoms with van der Waals surface area (Å²) in [5, 5.41) is 9.59. The first-order valence-corrected chi connectivity index (χ1v) is 7.38. The molecule has 1 aromatic carbocycles. The van der Waals surface area contributed by atoms with Gasteiger partial charge in [-0.3, -0.25) is 0 Å². The number of hydrogen-bond acceptors (Lipinski definition) is 3. The second-order valence-electron chi connectivity index (χ2n) is 4.46. The number of benzene rings is 1. The van der Waals surface area contributed by atoms with Gasteiger partial charge in [0.05, 0.1) is 12.2 Å². The topological polar surface area (TPSA) is 46.5 Å². The van der Waals surface area contributed by atoms with E-state index >= 15 is 0 Å². The summed E-state index contributed by atoms with van der Waals surface area (Å²) in [6, 6.07) is 6.57. The standard InChI is InChI=1S/C14H18O3S/c15-14(16)11-5-7-12(8-6-11)17-9-10-18-13-3-1-2-4-13/h5-8,13H,1-4,9-10H2,(H,15,16). The van der Waals surface area contributed by atoms with Gasteiger partial charge in [0.25, 0.3) is 0 Å². The predicted octanol–water partition coefficient (Wildman–Crippen LogP) is 3.44. The number of carbonyl (C=O) groups is 1. The fraction of sp³-hybridized carbons (Fsp3) is 0.500. The van der Waals surface area contributed by atoms with E-state index in [1.165, 1.54) is 25.7 Å². The first kappa shape index (κ1) is 13.3. The third-order valence-corrected chi connectivity index (χ3v) is 4.45. The molecular weight excluding hydrogens is 248 g/mol. The lowest BCUT2D eigenvalue weighted by atomic mass is 10.2. The lowest BCUT2D eigenvalue weighted by Gasteiger charge is -2.09. The van der Waals surface area contributed by atoms with E-state index in [2.05, 4.69) is 0 Å². The SMILES string of the molecule is O=C(O)c1ccc(OCCSC2CCCC2)cc1. The average molecular weight is 266 g/mol. The Morgan fingerprint density at radius 1 is 1.28 bits per heavy atom. The van der Waals surface area contributed by atoms with Crippen LogP contribution in [0, 0.1) is 0 Å². The average Bonchev–Trinajstić information content (AvgIpc) is 2.88. The molecular formula is C14H18O3S. The Hall–Kier alpha value is -1.16. The molecule has 4 heteroatoms. The van der Waals surface area contributed by atoms with E-state index in [1.54, 1.807) is 24.3 Å². The van der Waals surface area contributed by atoms with Crippen LogP contribution in [0.1, 0.15) is 36.0 Å². The minimum atomic E-state index is -0.904. The third kappa shape index (κ3) is 3.95. The van der Waals surface area contributed by atoms with E-state index in [0.717, 1.165) is 16.8 Å². The third-order valence-electron chi connectivity index (χ3n) is 3.11. The molecule has 1 N–H and O–H groups in total. The Kier molecular flexibility index (Phi) is 4.93. The maximum Gasteiger partial charge on any atom is 0.335 e. The van der Waals surface area contributed by atoms with Crippen LogP contribution >= 0.6 is 11.8 Å². The minimum Gasteiger partial charge on any atom is -0.493 e. The van der Waals surface area contributed by atoms with Gasteiger partial charge in [-0.05, 0) is 37.1 Å². The van der Waals surface area contributed by atoms with E-state index in [9.17, 15) is 4.79 Å². The van der Waals surface area contributed by atoms with Crippen molar-refractivity contribution in [3.05, 3.63) is 29.8 Å². The van der Waals surface area contributed by atoms with Crippen molar-refractivity contribution in [2.45, 2.75) is 30.9 Å². The van der Waals surface area contributed by atoms with E-state index in [1.807, 2.05) is 11.8 Å². The number of carboxylic acid groups (broad SMARTS) is 1. The van der Waals surface area contributed by atoms with E-state index in [4.69, 9.17) is 9.84 Å². The van der Waals surface area contributed by atoms with Gasteiger partial charge in [0.2, 0.25) is 0 Å². The van der Waals surface area contributed by atoms with Gasteiger partial charge in [-0.2, -0.15) is 11.8 Å². The molecule has 0 unspecified atom stereocenters. The summed E-state index contributed by atoms with van der Waals surface area (Å²) in [6.07, 6.45) is 5.43. The van der Waals surface area contributed by atoms with Crippen molar-refractivity contribution in [3.8, 4) is 5.75 Å². The van der Waals surface area contributed by atoms with Gasteiger partial charge >= 0.3 is 5.97 Å². The number of hydrogen-bond donors (Lipinski definition) is 1. The summed E-state index contributed by atoms with van der Waals surface area (Å²) in [7, 11) is 0. The fourth-order valence-corrected chi connectivity index (χ4v) is 3.30. The van der Waals surface area contributed by atoms with Crippen LogP contribution in [0.15, 0.2) is 24.3 Å². The molecule has 1 aliphatic carbocycles. The summed E-state index contributed by atoms with van der Waals surface area (Å²) in [4.78, 5) is 10.7. The number of ether oxygens (including phenoxy) is 1. The van der Waals surface area contributed by atoms with Gasteiger partial charge < -0.3 is 9.84 Å². The summed E-state index contributed by atoms with van der Waals surface area (Å²) in [6.45, 7) is 0.688. The molecule has 0 radical (unpaired) electrons. The first-order chi connectivity index (χ1) is 8.75. The minimum absolute atomic E-state index is 0.294. The van der Waals surface area contributed by atoms with Crippen LogP contribution in [-0.4, -0.2) is 28.7 Å². The monoisotopic (exact) mass is 266 g/mol. The lowest BCUT2D eigenvalue weighted by Crippen LogP contribution is -2.04. The van der Waals surface area contributed by atoms with Crippen LogP contribution in [0.3, 0.4) is 0 Å². The molecule has 0 bridgehead atoms. The Bertz CT molecular complexity index is 383. The summed E-state index contributed by atoms with van der Waals surface area (Å²) in [5.74, 6) is 0.844. The molecule has 0 amide bonds. The molecule has 1 aromatic rings. The van der Waals surface area contributed by atoms with Gasteiger partial charge in [-0.1, -0.05) is 12.8 Å². The number of rotatable bonds is 6. The highest BCUT2D eigenvalue weighted by Gasteiger charge is 2.14. The molecule has 0 aromatic heterocycles. The van der Waals surface area contributed by atoms with Crippen molar-refractivity contribution in [3.63, 3.8) is 0 Å². The van der Waals surface area contributed by atoms with Gasteiger partial charge in [-0.25, -0.2) is 4.79 Å². The van der Waals surface area contributed by atoms with Crippen molar-refractivity contribution >= 4 is 17.7 Å².